The largest absolute Gasteiger partial charge is 0.207 e. The second-order valence-electron chi connectivity index (χ2n) is 3.73. The summed E-state index contributed by atoms with van der Waals surface area (Å²) < 4.78 is 13.1. The van der Waals surface area contributed by atoms with E-state index in [0.717, 1.165) is 5.19 Å². The van der Waals surface area contributed by atoms with Crippen LogP contribution in [0.5, 0.6) is 0 Å². The van der Waals surface area contributed by atoms with Crippen LogP contribution in [0.2, 0.25) is 19.6 Å². The summed E-state index contributed by atoms with van der Waals surface area (Å²) in [6.07, 6.45) is 0. The summed E-state index contributed by atoms with van der Waals surface area (Å²) in [5.74, 6) is -0.0494. The van der Waals surface area contributed by atoms with Gasteiger partial charge in [-0.15, -0.1) is 0 Å². The first-order chi connectivity index (χ1) is 5.02. The molecule has 0 unspecified atom stereocenters. The Kier molecular flexibility index (Phi) is 2.14. The Morgan fingerprint density at radius 1 is 1.09 bits per heavy atom. The van der Waals surface area contributed by atoms with Crippen LogP contribution in [0.4, 0.5) is 4.39 Å². The normalized spacial score (nSPS) is 11.6. The monoisotopic (exact) mass is 168 g/mol. The molecular formula is C9H13FSi. The van der Waals surface area contributed by atoms with Crippen molar-refractivity contribution in [3.05, 3.63) is 30.1 Å². The van der Waals surface area contributed by atoms with Crippen molar-refractivity contribution in [2.24, 2.45) is 0 Å². The van der Waals surface area contributed by atoms with Crippen LogP contribution in [-0.4, -0.2) is 8.07 Å². The van der Waals surface area contributed by atoms with Gasteiger partial charge < -0.3 is 0 Å². The zero-order chi connectivity index (χ0) is 8.48. The predicted octanol–water partition coefficient (Wildman–Crippen LogP) is 2.37. The van der Waals surface area contributed by atoms with Crippen molar-refractivity contribution in [1.82, 2.24) is 0 Å². The van der Waals surface area contributed by atoms with Crippen LogP contribution >= 0.6 is 0 Å². The summed E-state index contributed by atoms with van der Waals surface area (Å²) in [5, 5.41) is 0.917. The molecule has 60 valence electrons. The molecule has 0 heterocycles. The number of hydrogen-bond acceptors (Lipinski definition) is 0. The molecule has 11 heavy (non-hydrogen) atoms. The summed E-state index contributed by atoms with van der Waals surface area (Å²) in [6, 6.07) is 7.06. The summed E-state index contributed by atoms with van der Waals surface area (Å²) in [6.45, 7) is 6.43. The molecule has 1 aromatic carbocycles. The molecule has 0 amide bonds. The molecule has 0 aliphatic heterocycles. The fourth-order valence-corrected chi connectivity index (χ4v) is 2.47. The minimum Gasteiger partial charge on any atom is -0.207 e. The molecule has 0 aliphatic carbocycles. The molecule has 0 saturated heterocycles. The smallest absolute Gasteiger partial charge is 0.122 e. The molecule has 0 aromatic heterocycles. The Morgan fingerprint density at radius 2 is 1.64 bits per heavy atom. The molecule has 0 fully saturated rings. The number of rotatable bonds is 1. The second kappa shape index (κ2) is 2.78. The Morgan fingerprint density at radius 3 is 2.00 bits per heavy atom. The minimum atomic E-state index is -1.45. The van der Waals surface area contributed by atoms with Crippen molar-refractivity contribution in [2.75, 3.05) is 0 Å². The van der Waals surface area contributed by atoms with Gasteiger partial charge in [-0.1, -0.05) is 37.8 Å². The van der Waals surface area contributed by atoms with Crippen molar-refractivity contribution in [3.63, 3.8) is 0 Å². The Hall–Kier alpha value is -0.633. The summed E-state index contributed by atoms with van der Waals surface area (Å²) in [4.78, 5) is 0. The molecule has 0 radical (unpaired) electrons. The van der Waals surface area contributed by atoms with Crippen molar-refractivity contribution in [3.8, 4) is 0 Å². The molecule has 2 heteroatoms. The van der Waals surface area contributed by atoms with E-state index in [9.17, 15) is 4.39 Å². The fraction of sp³-hybridized carbons (Fsp3) is 0.333. The molecule has 0 spiro atoms. The van der Waals surface area contributed by atoms with Gasteiger partial charge in [0.2, 0.25) is 0 Å². The van der Waals surface area contributed by atoms with Gasteiger partial charge in [-0.3, -0.25) is 0 Å². The van der Waals surface area contributed by atoms with E-state index in [0.29, 0.717) is 0 Å². The van der Waals surface area contributed by atoms with E-state index in [1.54, 1.807) is 6.07 Å². The minimum absolute atomic E-state index is 0.0494. The van der Waals surface area contributed by atoms with Crippen LogP contribution in [0, 0.1) is 5.82 Å². The van der Waals surface area contributed by atoms with E-state index in [4.69, 9.17) is 0 Å². The van der Waals surface area contributed by atoms with Gasteiger partial charge in [-0.2, -0.15) is 0 Å². The Labute approximate surface area is 68.1 Å². The first-order valence-electron chi connectivity index (χ1n) is 3.77. The third kappa shape index (κ3) is 1.90. The van der Waals surface area contributed by atoms with E-state index in [2.05, 4.69) is 19.6 Å². The Bertz CT molecular complexity index is 250. The van der Waals surface area contributed by atoms with Crippen LogP contribution < -0.4 is 5.19 Å². The number of halogens is 1. The van der Waals surface area contributed by atoms with Crippen molar-refractivity contribution < 1.29 is 4.39 Å². The maximum Gasteiger partial charge on any atom is 0.122 e. The van der Waals surface area contributed by atoms with Crippen LogP contribution in [0.15, 0.2) is 24.3 Å². The van der Waals surface area contributed by atoms with Gasteiger partial charge in [-0.05, 0) is 11.3 Å². The molecule has 0 atom stereocenters. The van der Waals surface area contributed by atoms with Gasteiger partial charge in [0.05, 0.1) is 8.07 Å². The Balaban J connectivity index is 3.14. The van der Waals surface area contributed by atoms with Gasteiger partial charge in [0.25, 0.3) is 0 Å². The standard InChI is InChI=1S/C9H13FSi/c1-11(2,3)9-7-5-4-6-8(9)10/h4-7H,1-3H3. The zero-order valence-corrected chi connectivity index (χ0v) is 8.19. The fourth-order valence-electron chi connectivity index (χ4n) is 1.07. The van der Waals surface area contributed by atoms with Gasteiger partial charge in [-0.25, -0.2) is 4.39 Å². The average molecular weight is 168 g/mol. The molecule has 0 bridgehead atoms. The summed E-state index contributed by atoms with van der Waals surface area (Å²) in [7, 11) is -1.45. The van der Waals surface area contributed by atoms with Crippen LogP contribution in [-0.2, 0) is 0 Å². The van der Waals surface area contributed by atoms with Gasteiger partial charge in [0.15, 0.2) is 0 Å². The average Bonchev–Trinajstić information content (AvgIpc) is 1.86. The lowest BCUT2D eigenvalue weighted by molar-refractivity contribution is 0.635. The first kappa shape index (κ1) is 8.46. The highest BCUT2D eigenvalue weighted by atomic mass is 28.3. The van der Waals surface area contributed by atoms with Crippen LogP contribution in [0.25, 0.3) is 0 Å². The molecule has 1 aromatic rings. The SMILES string of the molecule is C[Si](C)(C)c1ccccc1F. The quantitative estimate of drug-likeness (QED) is 0.565. The van der Waals surface area contributed by atoms with E-state index in [1.807, 2.05) is 12.1 Å². The highest BCUT2D eigenvalue weighted by molar-refractivity contribution is 6.88. The van der Waals surface area contributed by atoms with Gasteiger partial charge in [0.1, 0.15) is 5.82 Å². The van der Waals surface area contributed by atoms with Crippen LogP contribution in [0.3, 0.4) is 0 Å². The molecule has 0 nitrogen and oxygen atoms in total. The highest BCUT2D eigenvalue weighted by Crippen LogP contribution is 2.04. The number of benzene rings is 1. The maximum absolute atomic E-state index is 13.1. The number of hydrogen-bond donors (Lipinski definition) is 0. The van der Waals surface area contributed by atoms with E-state index >= 15 is 0 Å². The van der Waals surface area contributed by atoms with E-state index in [1.165, 1.54) is 6.07 Å². The lowest BCUT2D eigenvalue weighted by Gasteiger charge is -2.16. The third-order valence-corrected chi connectivity index (χ3v) is 3.70. The van der Waals surface area contributed by atoms with Gasteiger partial charge in [0, 0.05) is 0 Å². The lowest BCUT2D eigenvalue weighted by Crippen LogP contribution is -2.39. The van der Waals surface area contributed by atoms with Crippen molar-refractivity contribution >= 4 is 13.3 Å². The van der Waals surface area contributed by atoms with Crippen molar-refractivity contribution in [2.45, 2.75) is 19.6 Å². The highest BCUT2D eigenvalue weighted by Gasteiger charge is 2.19. The van der Waals surface area contributed by atoms with Crippen molar-refractivity contribution in [1.29, 1.82) is 0 Å². The summed E-state index contributed by atoms with van der Waals surface area (Å²) >= 11 is 0. The predicted molar refractivity (Wildman–Crippen MR) is 49.4 cm³/mol. The van der Waals surface area contributed by atoms with E-state index in [-0.39, 0.29) is 5.82 Å². The maximum atomic E-state index is 13.1. The van der Waals surface area contributed by atoms with Crippen LogP contribution in [0.1, 0.15) is 0 Å². The van der Waals surface area contributed by atoms with E-state index < -0.39 is 8.07 Å². The molecule has 1 rings (SSSR count). The molecular weight excluding hydrogens is 155 g/mol. The molecule has 0 saturated carbocycles. The summed E-state index contributed by atoms with van der Waals surface area (Å²) in [5.41, 5.74) is 0. The lowest BCUT2D eigenvalue weighted by atomic mass is 10.3. The van der Waals surface area contributed by atoms with Gasteiger partial charge >= 0.3 is 0 Å². The molecule has 0 aliphatic rings. The molecule has 0 N–H and O–H groups in total. The third-order valence-electron chi connectivity index (χ3n) is 1.68. The second-order valence-corrected chi connectivity index (χ2v) is 8.77. The first-order valence-corrected chi connectivity index (χ1v) is 7.27. The topological polar surface area (TPSA) is 0 Å². The zero-order valence-electron chi connectivity index (χ0n) is 7.19.